The Morgan fingerprint density at radius 1 is 1.35 bits per heavy atom. The molecular formula is C13H19BrFNO. The summed E-state index contributed by atoms with van der Waals surface area (Å²) >= 11 is 3.26. The third-order valence-corrected chi connectivity index (χ3v) is 2.42. The number of alkyl halides is 1. The molecule has 0 bridgehead atoms. The first-order valence-corrected chi connectivity index (χ1v) is 6.47. The number of aliphatic hydroxyl groups excluding tert-OH is 1. The molecule has 0 aromatic rings. The Morgan fingerprint density at radius 2 is 2.00 bits per heavy atom. The van der Waals surface area contributed by atoms with E-state index in [1.165, 1.54) is 6.08 Å². The first-order chi connectivity index (χ1) is 8.06. The zero-order chi connectivity index (χ0) is 13.3. The van der Waals surface area contributed by atoms with Gasteiger partial charge >= 0.3 is 0 Å². The maximum atomic E-state index is 13.5. The molecule has 0 aromatic heterocycles. The molecule has 0 heterocycles. The Morgan fingerprint density at radius 3 is 2.47 bits per heavy atom. The second-order valence-electron chi connectivity index (χ2n) is 3.55. The Kier molecular flexibility index (Phi) is 8.72. The second kappa shape index (κ2) is 9.19. The Hall–Kier alpha value is -0.870. The van der Waals surface area contributed by atoms with Crippen LogP contribution in [0.3, 0.4) is 0 Å². The van der Waals surface area contributed by atoms with Gasteiger partial charge in [-0.25, -0.2) is 4.39 Å². The summed E-state index contributed by atoms with van der Waals surface area (Å²) in [7, 11) is 0. The molecule has 0 aliphatic heterocycles. The largest absolute Gasteiger partial charge is 0.392 e. The molecule has 2 nitrogen and oxygen atoms in total. The molecule has 0 spiro atoms. The normalized spacial score (nSPS) is 15.2. The molecule has 17 heavy (non-hydrogen) atoms. The molecule has 2 N–H and O–H groups in total. The summed E-state index contributed by atoms with van der Waals surface area (Å²) < 4.78 is 13.5. The zero-order valence-electron chi connectivity index (χ0n) is 10.4. The van der Waals surface area contributed by atoms with E-state index in [2.05, 4.69) is 21.2 Å². The van der Waals surface area contributed by atoms with Crippen LogP contribution < -0.4 is 5.32 Å². The average Bonchev–Trinajstić information content (AvgIpc) is 2.34. The van der Waals surface area contributed by atoms with Gasteiger partial charge in [-0.1, -0.05) is 28.1 Å². The molecule has 0 saturated heterocycles. The molecule has 0 aromatic carbocycles. The van der Waals surface area contributed by atoms with Gasteiger partial charge in [0, 0.05) is 23.3 Å². The highest BCUT2D eigenvalue weighted by Gasteiger charge is 2.04. The van der Waals surface area contributed by atoms with Crippen LogP contribution in [0.5, 0.6) is 0 Å². The molecule has 96 valence electrons. The quantitative estimate of drug-likeness (QED) is 0.581. The minimum atomic E-state index is -0.247. The van der Waals surface area contributed by atoms with Crippen molar-refractivity contribution in [2.45, 2.75) is 20.8 Å². The highest BCUT2D eigenvalue weighted by Crippen LogP contribution is 2.20. The van der Waals surface area contributed by atoms with E-state index in [-0.39, 0.29) is 12.4 Å². The maximum absolute atomic E-state index is 13.5. The van der Waals surface area contributed by atoms with Gasteiger partial charge in [-0.15, -0.1) is 0 Å². The van der Waals surface area contributed by atoms with Crippen LogP contribution in [-0.2, 0) is 0 Å². The van der Waals surface area contributed by atoms with Crippen molar-refractivity contribution in [1.82, 2.24) is 5.32 Å². The highest BCUT2D eigenvalue weighted by molar-refractivity contribution is 9.09. The number of aliphatic hydroxyl groups is 1. The summed E-state index contributed by atoms with van der Waals surface area (Å²) in [6, 6.07) is 0. The van der Waals surface area contributed by atoms with Crippen LogP contribution in [0.1, 0.15) is 20.8 Å². The number of hydrogen-bond donors (Lipinski definition) is 2. The molecule has 0 atom stereocenters. The number of nitrogens with one attached hydrogen (secondary N) is 1. The average molecular weight is 304 g/mol. The van der Waals surface area contributed by atoms with Gasteiger partial charge in [0.2, 0.25) is 0 Å². The Balaban J connectivity index is 4.80. The van der Waals surface area contributed by atoms with Gasteiger partial charge in [-0.3, -0.25) is 0 Å². The van der Waals surface area contributed by atoms with E-state index in [1.807, 2.05) is 6.92 Å². The van der Waals surface area contributed by atoms with Crippen LogP contribution >= 0.6 is 15.9 Å². The van der Waals surface area contributed by atoms with Crippen molar-refractivity contribution in [2.24, 2.45) is 0 Å². The van der Waals surface area contributed by atoms with Crippen molar-refractivity contribution in [3.8, 4) is 0 Å². The van der Waals surface area contributed by atoms with Crippen LogP contribution in [0.25, 0.3) is 0 Å². The van der Waals surface area contributed by atoms with Crippen molar-refractivity contribution >= 4 is 15.9 Å². The van der Waals surface area contributed by atoms with Gasteiger partial charge < -0.3 is 10.4 Å². The van der Waals surface area contributed by atoms with Gasteiger partial charge in [-0.05, 0) is 31.9 Å². The number of halogens is 2. The molecule has 0 saturated carbocycles. The van der Waals surface area contributed by atoms with Gasteiger partial charge in [-0.2, -0.15) is 0 Å². The molecule has 0 rings (SSSR count). The van der Waals surface area contributed by atoms with E-state index < -0.39 is 0 Å². The fourth-order valence-corrected chi connectivity index (χ4v) is 1.44. The molecular weight excluding hydrogens is 285 g/mol. The van der Waals surface area contributed by atoms with Gasteiger partial charge in [0.15, 0.2) is 0 Å². The van der Waals surface area contributed by atoms with Crippen LogP contribution in [0.2, 0.25) is 0 Å². The lowest BCUT2D eigenvalue weighted by molar-refractivity contribution is 0.331. The van der Waals surface area contributed by atoms with Gasteiger partial charge in [0.05, 0.1) is 6.61 Å². The predicted octanol–water partition coefficient (Wildman–Crippen LogP) is 3.57. The molecule has 0 aliphatic rings. The van der Waals surface area contributed by atoms with Crippen molar-refractivity contribution in [1.29, 1.82) is 0 Å². The molecule has 0 unspecified atom stereocenters. The summed E-state index contributed by atoms with van der Waals surface area (Å²) in [4.78, 5) is 0. The van der Waals surface area contributed by atoms with E-state index in [4.69, 9.17) is 5.11 Å². The lowest BCUT2D eigenvalue weighted by atomic mass is 10.1. The van der Waals surface area contributed by atoms with Crippen LogP contribution in [-0.4, -0.2) is 17.0 Å². The van der Waals surface area contributed by atoms with E-state index >= 15 is 0 Å². The first-order valence-electron chi connectivity index (χ1n) is 5.34. The minimum Gasteiger partial charge on any atom is -0.392 e. The van der Waals surface area contributed by atoms with Crippen LogP contribution in [0, 0.1) is 0 Å². The molecule has 0 fully saturated rings. The number of rotatable bonds is 6. The van der Waals surface area contributed by atoms with Crippen molar-refractivity contribution < 1.29 is 9.50 Å². The topological polar surface area (TPSA) is 32.3 Å². The minimum absolute atomic E-state index is 0.00715. The summed E-state index contributed by atoms with van der Waals surface area (Å²) in [5.74, 6) is -0.247. The predicted molar refractivity (Wildman–Crippen MR) is 74.5 cm³/mol. The smallest absolute Gasteiger partial charge is 0.126 e. The Bertz CT molecular complexity index is 356. The van der Waals surface area contributed by atoms with Crippen LogP contribution in [0.4, 0.5) is 4.39 Å². The third kappa shape index (κ3) is 6.44. The lowest BCUT2D eigenvalue weighted by Gasteiger charge is -2.05. The third-order valence-electron chi connectivity index (χ3n) is 2.10. The standard InChI is InChI=1S/C13H19BrFNO/c1-4-13(15)12(5-6-14)11(3)8-16-7-10(2)9-17/h4-5,7-8,16-17H,6,9H2,1-3H3/b10-7+,11-8+,12-5-,13-4+. The maximum Gasteiger partial charge on any atom is 0.126 e. The van der Waals surface area contributed by atoms with E-state index in [1.54, 1.807) is 32.3 Å². The fourth-order valence-electron chi connectivity index (χ4n) is 1.11. The van der Waals surface area contributed by atoms with Crippen LogP contribution in [0.15, 0.2) is 47.1 Å². The molecule has 0 aliphatic carbocycles. The first kappa shape index (κ1) is 16.1. The fraction of sp³-hybridized carbons (Fsp3) is 0.385. The van der Waals surface area contributed by atoms with Gasteiger partial charge in [0.1, 0.15) is 5.83 Å². The monoisotopic (exact) mass is 303 g/mol. The zero-order valence-corrected chi connectivity index (χ0v) is 12.0. The number of allylic oxidation sites excluding steroid dienone is 5. The Labute approximate surface area is 111 Å². The van der Waals surface area contributed by atoms with E-state index in [0.29, 0.717) is 10.9 Å². The lowest BCUT2D eigenvalue weighted by Crippen LogP contribution is -2.00. The molecule has 0 amide bonds. The summed E-state index contributed by atoms with van der Waals surface area (Å²) in [5.41, 5.74) is 2.17. The van der Waals surface area contributed by atoms with Gasteiger partial charge in [0.25, 0.3) is 0 Å². The summed E-state index contributed by atoms with van der Waals surface area (Å²) in [5, 5.41) is 12.3. The molecule has 4 heteroatoms. The summed E-state index contributed by atoms with van der Waals surface area (Å²) in [6.07, 6.45) is 6.59. The van der Waals surface area contributed by atoms with E-state index in [9.17, 15) is 4.39 Å². The highest BCUT2D eigenvalue weighted by atomic mass is 79.9. The summed E-state index contributed by atoms with van der Waals surface area (Å²) in [6.45, 7) is 5.30. The second-order valence-corrected chi connectivity index (χ2v) is 4.20. The van der Waals surface area contributed by atoms with Crippen molar-refractivity contribution in [3.63, 3.8) is 0 Å². The van der Waals surface area contributed by atoms with E-state index in [0.717, 1.165) is 11.1 Å². The van der Waals surface area contributed by atoms with Crippen molar-refractivity contribution in [2.75, 3.05) is 11.9 Å². The SMILES string of the molecule is C\C=C(F)/C(=C\CBr)C(/C)=C/N/C=C(\C)CO. The van der Waals surface area contributed by atoms with Crippen molar-refractivity contribution in [3.05, 3.63) is 47.1 Å². The molecule has 0 radical (unpaired) electrons. The number of hydrogen-bond acceptors (Lipinski definition) is 2.